The fourth-order valence-electron chi connectivity index (χ4n) is 1.72. The number of H-pyrrole nitrogens is 1. The molecule has 0 aliphatic rings. The van der Waals surface area contributed by atoms with Crippen LogP contribution in [0.5, 0.6) is 0 Å². The van der Waals surface area contributed by atoms with Gasteiger partial charge in [0.05, 0.1) is 0 Å². The zero-order chi connectivity index (χ0) is 13.2. The maximum atomic E-state index is 5.96. The summed E-state index contributed by atoms with van der Waals surface area (Å²) in [6, 6.07) is 10.8. The van der Waals surface area contributed by atoms with Crippen LogP contribution in [0.2, 0.25) is 5.02 Å². The highest BCUT2D eigenvalue weighted by Crippen LogP contribution is 2.27. The van der Waals surface area contributed by atoms with E-state index in [1.807, 2.05) is 18.2 Å². The van der Waals surface area contributed by atoms with E-state index in [1.165, 1.54) is 0 Å². The van der Waals surface area contributed by atoms with Crippen molar-refractivity contribution >= 4 is 17.3 Å². The van der Waals surface area contributed by atoms with Gasteiger partial charge in [0.25, 0.3) is 0 Å². The predicted molar refractivity (Wildman–Crippen MR) is 74.5 cm³/mol. The van der Waals surface area contributed by atoms with Gasteiger partial charge >= 0.3 is 0 Å². The summed E-state index contributed by atoms with van der Waals surface area (Å²) in [5, 5.41) is 7.59. The van der Waals surface area contributed by atoms with Crippen LogP contribution in [0.3, 0.4) is 0 Å². The number of aromatic amines is 1. The Hall–Kier alpha value is -2.40. The number of pyridine rings is 1. The summed E-state index contributed by atoms with van der Waals surface area (Å²) >= 11 is 5.96. The van der Waals surface area contributed by atoms with Crippen LogP contribution in [0.15, 0.2) is 42.6 Å². The van der Waals surface area contributed by atoms with E-state index in [4.69, 9.17) is 17.3 Å². The zero-order valence-corrected chi connectivity index (χ0v) is 10.6. The van der Waals surface area contributed by atoms with Gasteiger partial charge in [0.1, 0.15) is 5.69 Å². The van der Waals surface area contributed by atoms with Crippen molar-refractivity contribution in [3.63, 3.8) is 0 Å². The average Bonchev–Trinajstić information content (AvgIpc) is 2.92. The number of benzene rings is 1. The van der Waals surface area contributed by atoms with Gasteiger partial charge in [-0.15, -0.1) is 0 Å². The summed E-state index contributed by atoms with van der Waals surface area (Å²) < 4.78 is 0. The SMILES string of the molecule is Nc1ccc(Cl)cc1-c1n[nH]c(-c2ccccn2)n1. The van der Waals surface area contributed by atoms with E-state index in [9.17, 15) is 0 Å². The molecule has 0 radical (unpaired) electrons. The maximum Gasteiger partial charge on any atom is 0.183 e. The lowest BCUT2D eigenvalue weighted by atomic mass is 10.2. The third kappa shape index (κ3) is 2.28. The van der Waals surface area contributed by atoms with E-state index in [-0.39, 0.29) is 0 Å². The highest BCUT2D eigenvalue weighted by molar-refractivity contribution is 6.31. The van der Waals surface area contributed by atoms with Crippen molar-refractivity contribution in [3.05, 3.63) is 47.6 Å². The Morgan fingerprint density at radius 3 is 2.84 bits per heavy atom. The molecule has 19 heavy (non-hydrogen) atoms. The summed E-state index contributed by atoms with van der Waals surface area (Å²) in [5.41, 5.74) is 7.90. The zero-order valence-electron chi connectivity index (χ0n) is 9.84. The number of hydrogen-bond donors (Lipinski definition) is 2. The van der Waals surface area contributed by atoms with E-state index >= 15 is 0 Å². The number of halogens is 1. The molecule has 0 aliphatic carbocycles. The lowest BCUT2D eigenvalue weighted by Crippen LogP contribution is -1.91. The normalized spacial score (nSPS) is 10.6. The maximum absolute atomic E-state index is 5.96. The molecule has 0 unspecified atom stereocenters. The topological polar surface area (TPSA) is 80.5 Å². The summed E-state index contributed by atoms with van der Waals surface area (Å²) in [4.78, 5) is 8.59. The minimum absolute atomic E-state index is 0.501. The average molecular weight is 272 g/mol. The predicted octanol–water partition coefficient (Wildman–Crippen LogP) is 2.77. The number of hydrogen-bond acceptors (Lipinski definition) is 4. The summed E-state index contributed by atoms with van der Waals surface area (Å²) in [7, 11) is 0. The van der Waals surface area contributed by atoms with Gasteiger partial charge in [-0.2, -0.15) is 5.10 Å². The Labute approximate surface area is 114 Å². The fourth-order valence-corrected chi connectivity index (χ4v) is 1.89. The number of nitrogen functional groups attached to an aromatic ring is 1. The molecule has 0 aliphatic heterocycles. The van der Waals surface area contributed by atoms with Gasteiger partial charge in [0.15, 0.2) is 11.6 Å². The van der Waals surface area contributed by atoms with Crippen LogP contribution in [0.25, 0.3) is 22.9 Å². The molecule has 0 saturated carbocycles. The standard InChI is InChI=1S/C13H10ClN5/c14-8-4-5-10(15)9(7-8)12-17-13(19-18-12)11-3-1-2-6-16-11/h1-7H,15H2,(H,17,18,19). The largest absolute Gasteiger partial charge is 0.398 e. The molecule has 5 nitrogen and oxygen atoms in total. The highest BCUT2D eigenvalue weighted by Gasteiger charge is 2.11. The van der Waals surface area contributed by atoms with Gasteiger partial charge in [-0.1, -0.05) is 17.7 Å². The molecule has 6 heteroatoms. The number of nitrogens with zero attached hydrogens (tertiary/aromatic N) is 3. The highest BCUT2D eigenvalue weighted by atomic mass is 35.5. The van der Waals surface area contributed by atoms with Gasteiger partial charge in [0.2, 0.25) is 0 Å². The van der Waals surface area contributed by atoms with E-state index in [1.54, 1.807) is 24.4 Å². The number of aromatic nitrogens is 4. The van der Waals surface area contributed by atoms with Gasteiger partial charge < -0.3 is 5.73 Å². The molecule has 2 heterocycles. The Morgan fingerprint density at radius 1 is 1.16 bits per heavy atom. The van der Waals surface area contributed by atoms with Crippen molar-refractivity contribution in [1.29, 1.82) is 0 Å². The molecular formula is C13H10ClN5. The molecule has 0 fully saturated rings. The van der Waals surface area contributed by atoms with Crippen molar-refractivity contribution in [3.8, 4) is 22.9 Å². The second-order valence-corrected chi connectivity index (χ2v) is 4.39. The van der Waals surface area contributed by atoms with Crippen molar-refractivity contribution < 1.29 is 0 Å². The summed E-state index contributed by atoms with van der Waals surface area (Å²) in [6.45, 7) is 0. The summed E-state index contributed by atoms with van der Waals surface area (Å²) in [5.74, 6) is 1.09. The second kappa shape index (κ2) is 4.70. The first-order chi connectivity index (χ1) is 9.24. The van der Waals surface area contributed by atoms with E-state index < -0.39 is 0 Å². The van der Waals surface area contributed by atoms with E-state index in [2.05, 4.69) is 20.2 Å². The molecule has 0 saturated heterocycles. The molecule has 94 valence electrons. The number of nitrogens with one attached hydrogen (secondary N) is 1. The lowest BCUT2D eigenvalue weighted by molar-refractivity contribution is 1.09. The lowest BCUT2D eigenvalue weighted by Gasteiger charge is -2.01. The second-order valence-electron chi connectivity index (χ2n) is 3.95. The Kier molecular flexibility index (Phi) is 2.89. The molecule has 0 bridgehead atoms. The quantitative estimate of drug-likeness (QED) is 0.702. The molecule has 2 aromatic heterocycles. The summed E-state index contributed by atoms with van der Waals surface area (Å²) in [6.07, 6.45) is 1.70. The van der Waals surface area contributed by atoms with Crippen LogP contribution in [0.1, 0.15) is 0 Å². The van der Waals surface area contributed by atoms with Crippen LogP contribution >= 0.6 is 11.6 Å². The van der Waals surface area contributed by atoms with Gasteiger partial charge in [0, 0.05) is 22.5 Å². The number of rotatable bonds is 2. The molecule has 0 spiro atoms. The molecule has 0 atom stereocenters. The third-order valence-corrected chi connectivity index (χ3v) is 2.88. The van der Waals surface area contributed by atoms with Gasteiger partial charge in [-0.05, 0) is 30.3 Å². The molecule has 0 amide bonds. The molecule has 1 aromatic carbocycles. The number of anilines is 1. The minimum Gasteiger partial charge on any atom is -0.398 e. The van der Waals surface area contributed by atoms with Crippen molar-refractivity contribution in [2.45, 2.75) is 0 Å². The van der Waals surface area contributed by atoms with Crippen LogP contribution < -0.4 is 5.73 Å². The minimum atomic E-state index is 0.501. The first-order valence-corrected chi connectivity index (χ1v) is 6.01. The monoisotopic (exact) mass is 271 g/mol. The van der Waals surface area contributed by atoms with Crippen LogP contribution in [0, 0.1) is 0 Å². The van der Waals surface area contributed by atoms with Gasteiger partial charge in [-0.3, -0.25) is 10.1 Å². The van der Waals surface area contributed by atoms with Crippen molar-refractivity contribution in [2.24, 2.45) is 0 Å². The molecular weight excluding hydrogens is 262 g/mol. The van der Waals surface area contributed by atoms with Crippen LogP contribution in [-0.4, -0.2) is 20.2 Å². The van der Waals surface area contributed by atoms with Crippen LogP contribution in [-0.2, 0) is 0 Å². The number of nitrogens with two attached hydrogens (primary N) is 1. The van der Waals surface area contributed by atoms with Gasteiger partial charge in [-0.25, -0.2) is 4.98 Å². The smallest absolute Gasteiger partial charge is 0.183 e. The first-order valence-electron chi connectivity index (χ1n) is 5.63. The Balaban J connectivity index is 2.04. The van der Waals surface area contributed by atoms with Crippen molar-refractivity contribution in [1.82, 2.24) is 20.2 Å². The first kappa shape index (κ1) is 11.7. The molecule has 3 N–H and O–H groups in total. The van der Waals surface area contributed by atoms with E-state index in [0.29, 0.717) is 27.9 Å². The van der Waals surface area contributed by atoms with Crippen LogP contribution in [0.4, 0.5) is 5.69 Å². The molecule has 3 rings (SSSR count). The van der Waals surface area contributed by atoms with Crippen molar-refractivity contribution in [2.75, 3.05) is 5.73 Å². The fraction of sp³-hybridized carbons (Fsp3) is 0. The van der Waals surface area contributed by atoms with E-state index in [0.717, 1.165) is 5.69 Å². The Morgan fingerprint density at radius 2 is 2.05 bits per heavy atom. The third-order valence-electron chi connectivity index (χ3n) is 2.65. The molecule has 3 aromatic rings. The Bertz CT molecular complexity index is 708.